The molecule has 4 heteroatoms. The molecule has 0 aliphatic carbocycles. The molecule has 0 saturated heterocycles. The zero-order valence-electron chi connectivity index (χ0n) is 13.7. The van der Waals surface area contributed by atoms with Crippen LogP contribution in [0.3, 0.4) is 0 Å². The summed E-state index contributed by atoms with van der Waals surface area (Å²) in [4.78, 5) is 8.80. The lowest BCUT2D eigenvalue weighted by Crippen LogP contribution is -1.94. The molecule has 0 bridgehead atoms. The summed E-state index contributed by atoms with van der Waals surface area (Å²) < 4.78 is 1.89. The standard InChI is InChI=1S/C22H14Br2N2/c23-19-13-25-11-17(15-7-3-1-4-8-15)21(19)22-18(12-26-14-20(22)24)16-9-5-2-6-10-16/h1-14H. The van der Waals surface area contributed by atoms with Crippen molar-refractivity contribution in [3.8, 4) is 33.4 Å². The van der Waals surface area contributed by atoms with E-state index in [2.05, 4.69) is 66.1 Å². The van der Waals surface area contributed by atoms with Gasteiger partial charge in [0.15, 0.2) is 0 Å². The van der Waals surface area contributed by atoms with E-state index in [0.717, 1.165) is 42.3 Å². The second-order valence-corrected chi connectivity index (χ2v) is 7.53. The van der Waals surface area contributed by atoms with E-state index in [1.807, 2.05) is 61.2 Å². The van der Waals surface area contributed by atoms with E-state index in [-0.39, 0.29) is 0 Å². The number of aromatic nitrogens is 2. The van der Waals surface area contributed by atoms with Crippen LogP contribution in [0.5, 0.6) is 0 Å². The number of nitrogens with zero attached hydrogens (tertiary/aromatic N) is 2. The molecule has 4 aromatic rings. The molecule has 0 amide bonds. The van der Waals surface area contributed by atoms with Crippen molar-refractivity contribution in [1.29, 1.82) is 0 Å². The van der Waals surface area contributed by atoms with Gasteiger partial charge in [-0.1, -0.05) is 60.7 Å². The highest BCUT2D eigenvalue weighted by atomic mass is 79.9. The summed E-state index contributed by atoms with van der Waals surface area (Å²) in [7, 11) is 0. The minimum atomic E-state index is 0.947. The van der Waals surface area contributed by atoms with Gasteiger partial charge in [0.25, 0.3) is 0 Å². The zero-order valence-corrected chi connectivity index (χ0v) is 16.9. The molecular weight excluding hydrogens is 452 g/mol. The van der Waals surface area contributed by atoms with Crippen LogP contribution in [0.15, 0.2) is 94.4 Å². The first-order valence-electron chi connectivity index (χ1n) is 8.14. The first-order valence-corrected chi connectivity index (χ1v) is 9.72. The Bertz CT molecular complexity index is 961. The number of hydrogen-bond donors (Lipinski definition) is 0. The van der Waals surface area contributed by atoms with E-state index in [9.17, 15) is 0 Å². The lowest BCUT2D eigenvalue weighted by molar-refractivity contribution is 1.28. The third kappa shape index (κ3) is 3.22. The van der Waals surface area contributed by atoms with E-state index in [4.69, 9.17) is 0 Å². The molecule has 0 spiro atoms. The van der Waals surface area contributed by atoms with Crippen LogP contribution in [-0.2, 0) is 0 Å². The van der Waals surface area contributed by atoms with E-state index in [1.165, 1.54) is 0 Å². The fourth-order valence-corrected chi connectivity index (χ4v) is 4.11. The molecule has 0 N–H and O–H groups in total. The van der Waals surface area contributed by atoms with E-state index in [0.29, 0.717) is 0 Å². The van der Waals surface area contributed by atoms with Gasteiger partial charge in [-0.3, -0.25) is 9.97 Å². The smallest absolute Gasteiger partial charge is 0.0444 e. The fourth-order valence-electron chi connectivity index (χ4n) is 3.05. The topological polar surface area (TPSA) is 25.8 Å². The number of rotatable bonds is 3. The third-order valence-corrected chi connectivity index (χ3v) is 5.42. The quantitative estimate of drug-likeness (QED) is 0.325. The Kier molecular flexibility index (Phi) is 4.96. The van der Waals surface area contributed by atoms with Crippen LogP contribution in [-0.4, -0.2) is 9.97 Å². The maximum atomic E-state index is 4.40. The zero-order chi connectivity index (χ0) is 17.9. The van der Waals surface area contributed by atoms with Gasteiger partial charge in [0.2, 0.25) is 0 Å². The molecule has 0 radical (unpaired) electrons. The molecule has 0 atom stereocenters. The number of pyridine rings is 2. The van der Waals surface area contributed by atoms with Crippen LogP contribution in [0.4, 0.5) is 0 Å². The van der Waals surface area contributed by atoms with Crippen LogP contribution < -0.4 is 0 Å². The normalized spacial score (nSPS) is 10.7. The van der Waals surface area contributed by atoms with E-state index < -0.39 is 0 Å². The molecule has 26 heavy (non-hydrogen) atoms. The molecule has 2 nitrogen and oxygen atoms in total. The van der Waals surface area contributed by atoms with Crippen molar-refractivity contribution in [3.63, 3.8) is 0 Å². The predicted octanol–water partition coefficient (Wildman–Crippen LogP) is 7.00. The summed E-state index contributed by atoms with van der Waals surface area (Å²) in [5.41, 5.74) is 6.59. The highest BCUT2D eigenvalue weighted by Crippen LogP contribution is 2.44. The van der Waals surface area contributed by atoms with Gasteiger partial charge in [-0.15, -0.1) is 0 Å². The predicted molar refractivity (Wildman–Crippen MR) is 114 cm³/mol. The number of benzene rings is 2. The average molecular weight is 466 g/mol. The molecule has 0 aliphatic heterocycles. The minimum Gasteiger partial charge on any atom is -0.263 e. The molecular formula is C22H14Br2N2. The Balaban J connectivity index is 2.04. The Hall–Kier alpha value is -2.30. The Morgan fingerprint density at radius 3 is 1.27 bits per heavy atom. The molecule has 0 unspecified atom stereocenters. The van der Waals surface area contributed by atoms with Gasteiger partial charge in [0.1, 0.15) is 0 Å². The Morgan fingerprint density at radius 1 is 0.500 bits per heavy atom. The van der Waals surface area contributed by atoms with Crippen LogP contribution in [0.2, 0.25) is 0 Å². The third-order valence-electron chi connectivity index (χ3n) is 4.22. The van der Waals surface area contributed by atoms with Gasteiger partial charge in [-0.05, 0) is 43.0 Å². The van der Waals surface area contributed by atoms with Crippen LogP contribution >= 0.6 is 31.9 Å². The van der Waals surface area contributed by atoms with Gasteiger partial charge in [-0.25, -0.2) is 0 Å². The van der Waals surface area contributed by atoms with Gasteiger partial charge in [0, 0.05) is 56.0 Å². The van der Waals surface area contributed by atoms with E-state index in [1.54, 1.807) is 0 Å². The van der Waals surface area contributed by atoms with Gasteiger partial charge in [0.05, 0.1) is 0 Å². The molecule has 0 saturated carbocycles. The molecule has 126 valence electrons. The lowest BCUT2D eigenvalue weighted by Gasteiger charge is -2.17. The van der Waals surface area contributed by atoms with E-state index >= 15 is 0 Å². The molecule has 2 aromatic heterocycles. The molecule has 4 rings (SSSR count). The SMILES string of the molecule is Brc1cncc(-c2ccccc2)c1-c1c(Br)cncc1-c1ccccc1. The maximum absolute atomic E-state index is 4.40. The Labute approximate surface area is 169 Å². The van der Waals surface area contributed by atoms with Gasteiger partial charge >= 0.3 is 0 Å². The summed E-state index contributed by atoms with van der Waals surface area (Å²) >= 11 is 7.44. The summed E-state index contributed by atoms with van der Waals surface area (Å²) in [6.07, 6.45) is 7.50. The highest BCUT2D eigenvalue weighted by Gasteiger charge is 2.19. The first kappa shape index (κ1) is 17.1. The first-order chi connectivity index (χ1) is 12.8. The van der Waals surface area contributed by atoms with Crippen molar-refractivity contribution in [2.24, 2.45) is 0 Å². The van der Waals surface area contributed by atoms with Crippen molar-refractivity contribution in [2.45, 2.75) is 0 Å². The molecule has 2 heterocycles. The average Bonchev–Trinajstić information content (AvgIpc) is 2.69. The minimum absolute atomic E-state index is 0.947. The van der Waals surface area contributed by atoms with Gasteiger partial charge < -0.3 is 0 Å². The highest BCUT2D eigenvalue weighted by molar-refractivity contribution is 9.11. The Morgan fingerprint density at radius 2 is 0.885 bits per heavy atom. The van der Waals surface area contributed by atoms with Crippen molar-refractivity contribution < 1.29 is 0 Å². The monoisotopic (exact) mass is 464 g/mol. The lowest BCUT2D eigenvalue weighted by atomic mass is 9.92. The summed E-state index contributed by atoms with van der Waals surface area (Å²) in [5.74, 6) is 0. The second-order valence-electron chi connectivity index (χ2n) is 5.82. The maximum Gasteiger partial charge on any atom is 0.0444 e. The molecule has 0 fully saturated rings. The summed E-state index contributed by atoms with van der Waals surface area (Å²) in [6.45, 7) is 0. The number of hydrogen-bond acceptors (Lipinski definition) is 2. The summed E-state index contributed by atoms with van der Waals surface area (Å²) in [6, 6.07) is 20.6. The largest absolute Gasteiger partial charge is 0.263 e. The summed E-state index contributed by atoms with van der Waals surface area (Å²) in [5, 5.41) is 0. The van der Waals surface area contributed by atoms with Crippen LogP contribution in [0, 0.1) is 0 Å². The van der Waals surface area contributed by atoms with Crippen LogP contribution in [0.25, 0.3) is 33.4 Å². The van der Waals surface area contributed by atoms with Crippen molar-refractivity contribution in [3.05, 3.63) is 94.4 Å². The van der Waals surface area contributed by atoms with Crippen molar-refractivity contribution in [1.82, 2.24) is 9.97 Å². The second kappa shape index (κ2) is 7.52. The molecule has 0 aliphatic rings. The van der Waals surface area contributed by atoms with Gasteiger partial charge in [-0.2, -0.15) is 0 Å². The number of halogens is 2. The van der Waals surface area contributed by atoms with Crippen LogP contribution in [0.1, 0.15) is 0 Å². The van der Waals surface area contributed by atoms with Crippen molar-refractivity contribution >= 4 is 31.9 Å². The fraction of sp³-hybridized carbons (Fsp3) is 0. The van der Waals surface area contributed by atoms with Crippen molar-refractivity contribution in [2.75, 3.05) is 0 Å². The molecule has 2 aromatic carbocycles.